The van der Waals surface area contributed by atoms with E-state index in [4.69, 9.17) is 0 Å². The third-order valence-corrected chi connectivity index (χ3v) is 6.00. The Morgan fingerprint density at radius 3 is 2.85 bits per heavy atom. The molecule has 0 unspecified atom stereocenters. The molecule has 1 fully saturated rings. The smallest absolute Gasteiger partial charge is 0.227 e. The van der Waals surface area contributed by atoms with E-state index < -0.39 is 0 Å². The number of hydrogen-bond acceptors (Lipinski definition) is 2. The Balaban J connectivity index is 1.58. The van der Waals surface area contributed by atoms with Crippen LogP contribution in [0.5, 0.6) is 0 Å². The van der Waals surface area contributed by atoms with Gasteiger partial charge in [-0.2, -0.15) is 0 Å². The van der Waals surface area contributed by atoms with Gasteiger partial charge < -0.3 is 10.2 Å². The second-order valence-electron chi connectivity index (χ2n) is 7.92. The van der Waals surface area contributed by atoms with E-state index in [1.165, 1.54) is 30.4 Å². The summed E-state index contributed by atoms with van der Waals surface area (Å²) in [6.07, 6.45) is 9.48. The van der Waals surface area contributed by atoms with Gasteiger partial charge in [0.1, 0.15) is 0 Å². The highest BCUT2D eigenvalue weighted by Gasteiger charge is 2.36. The zero-order chi connectivity index (χ0) is 19.2. The van der Waals surface area contributed by atoms with Crippen molar-refractivity contribution in [1.82, 2.24) is 5.32 Å². The monoisotopic (exact) mass is 368 g/mol. The third-order valence-electron chi connectivity index (χ3n) is 6.00. The van der Waals surface area contributed by atoms with E-state index in [0.717, 1.165) is 24.9 Å². The Labute approximate surface area is 163 Å². The van der Waals surface area contributed by atoms with Gasteiger partial charge in [0.2, 0.25) is 11.8 Å². The number of carbonyl (C=O) groups excluding carboxylic acids is 2. The fourth-order valence-corrected chi connectivity index (χ4v) is 4.11. The molecule has 0 saturated carbocycles. The van der Waals surface area contributed by atoms with Crippen molar-refractivity contribution < 1.29 is 9.59 Å². The second-order valence-corrected chi connectivity index (χ2v) is 7.92. The van der Waals surface area contributed by atoms with Gasteiger partial charge in [-0.15, -0.1) is 0 Å². The lowest BCUT2D eigenvalue weighted by Crippen LogP contribution is -2.34. The lowest BCUT2D eigenvalue weighted by molar-refractivity contribution is -0.126. The van der Waals surface area contributed by atoms with Gasteiger partial charge in [-0.1, -0.05) is 43.7 Å². The predicted octanol–water partition coefficient (Wildman–Crippen LogP) is 4.56. The van der Waals surface area contributed by atoms with Gasteiger partial charge in [0, 0.05) is 25.2 Å². The molecule has 2 aliphatic rings. The maximum Gasteiger partial charge on any atom is 0.227 e. The number of nitrogens with one attached hydrogen (secondary N) is 1. The summed E-state index contributed by atoms with van der Waals surface area (Å²) in [5, 5.41) is 3.05. The van der Waals surface area contributed by atoms with Crippen LogP contribution in [0.2, 0.25) is 0 Å². The highest BCUT2D eigenvalue weighted by molar-refractivity contribution is 6.00. The van der Waals surface area contributed by atoms with Gasteiger partial charge in [-0.05, 0) is 56.1 Å². The molecule has 2 atom stereocenters. The molecule has 1 aromatic carbocycles. The molecule has 27 heavy (non-hydrogen) atoms. The summed E-state index contributed by atoms with van der Waals surface area (Å²) in [7, 11) is 0. The molecular weight excluding hydrogens is 336 g/mol. The number of amides is 2. The molecule has 146 valence electrons. The molecule has 1 saturated heterocycles. The summed E-state index contributed by atoms with van der Waals surface area (Å²) in [4.78, 5) is 27.0. The summed E-state index contributed by atoms with van der Waals surface area (Å²) in [5.74, 6) is 0.220. The molecule has 1 heterocycles. The summed E-state index contributed by atoms with van der Waals surface area (Å²) in [6, 6.07) is 8.10. The van der Waals surface area contributed by atoms with Crippen molar-refractivity contribution in [3.05, 3.63) is 41.5 Å². The first-order valence-electron chi connectivity index (χ1n) is 10.4. The first-order valence-corrected chi connectivity index (χ1v) is 10.4. The number of carbonyl (C=O) groups is 2. The lowest BCUT2D eigenvalue weighted by Gasteiger charge is -2.23. The van der Waals surface area contributed by atoms with Gasteiger partial charge >= 0.3 is 0 Å². The number of nitrogens with zero attached hydrogens (tertiary/aromatic N) is 1. The van der Waals surface area contributed by atoms with Crippen LogP contribution in [0.1, 0.15) is 70.3 Å². The molecule has 3 rings (SSSR count). The van der Waals surface area contributed by atoms with Crippen molar-refractivity contribution >= 4 is 17.5 Å². The predicted molar refractivity (Wildman–Crippen MR) is 110 cm³/mol. The average Bonchev–Trinajstić information content (AvgIpc) is 3.09. The van der Waals surface area contributed by atoms with E-state index in [0.29, 0.717) is 25.4 Å². The van der Waals surface area contributed by atoms with Crippen molar-refractivity contribution in [2.45, 2.75) is 64.7 Å². The topological polar surface area (TPSA) is 49.4 Å². The summed E-state index contributed by atoms with van der Waals surface area (Å²) in [6.45, 7) is 5.51. The molecule has 2 amide bonds. The molecule has 0 bridgehead atoms. The number of allylic oxidation sites excluding steroid dienone is 1. The number of rotatable bonds is 7. The van der Waals surface area contributed by atoms with Crippen molar-refractivity contribution in [2.75, 3.05) is 18.0 Å². The zero-order valence-corrected chi connectivity index (χ0v) is 16.7. The van der Waals surface area contributed by atoms with Gasteiger partial charge in [0.05, 0.1) is 5.92 Å². The molecule has 0 radical (unpaired) electrons. The Hall–Kier alpha value is -2.10. The van der Waals surface area contributed by atoms with E-state index in [-0.39, 0.29) is 17.7 Å². The maximum absolute atomic E-state index is 12.6. The van der Waals surface area contributed by atoms with Crippen LogP contribution in [0, 0.1) is 5.92 Å². The number of hydrogen-bond donors (Lipinski definition) is 1. The first-order chi connectivity index (χ1) is 13.1. The third kappa shape index (κ3) is 4.79. The second kappa shape index (κ2) is 9.20. The molecule has 4 nitrogen and oxygen atoms in total. The number of para-hydroxylation sites is 1. The quantitative estimate of drug-likeness (QED) is 0.717. The fourth-order valence-electron chi connectivity index (χ4n) is 4.11. The molecule has 1 aliphatic carbocycles. The van der Waals surface area contributed by atoms with Crippen molar-refractivity contribution in [1.29, 1.82) is 0 Å². The van der Waals surface area contributed by atoms with Crippen molar-refractivity contribution in [3.63, 3.8) is 0 Å². The van der Waals surface area contributed by atoms with Crippen LogP contribution in [0.15, 0.2) is 35.9 Å². The van der Waals surface area contributed by atoms with Crippen LogP contribution in [-0.2, 0) is 9.59 Å². The number of anilines is 1. The van der Waals surface area contributed by atoms with Crippen molar-refractivity contribution in [2.24, 2.45) is 5.92 Å². The minimum Gasteiger partial charge on any atom is -0.355 e. The first kappa shape index (κ1) is 19.7. The molecule has 0 spiro atoms. The van der Waals surface area contributed by atoms with Gasteiger partial charge in [0.25, 0.3) is 0 Å². The zero-order valence-electron chi connectivity index (χ0n) is 16.7. The Morgan fingerprint density at radius 2 is 2.11 bits per heavy atom. The standard InChI is InChI=1S/C23H32N2O2/c1-3-17(2)20-11-7-8-12-21(20)25-16-19(15-22(25)26)23(27)24-14-13-18-9-5-4-6-10-18/h7-9,11-12,17,19H,3-6,10,13-16H2,1-2H3,(H,24,27)/t17-,19+/m0/s1. The molecule has 1 aromatic rings. The summed E-state index contributed by atoms with van der Waals surface area (Å²) in [5.41, 5.74) is 3.63. The van der Waals surface area contributed by atoms with E-state index in [1.54, 1.807) is 0 Å². The summed E-state index contributed by atoms with van der Waals surface area (Å²) < 4.78 is 0. The van der Waals surface area contributed by atoms with Crippen LogP contribution in [-0.4, -0.2) is 24.9 Å². The SMILES string of the molecule is CC[C@H](C)c1ccccc1N1C[C@H](C(=O)NCCC2=CCCCC2)CC1=O. The highest BCUT2D eigenvalue weighted by atomic mass is 16.2. The van der Waals surface area contributed by atoms with Crippen LogP contribution >= 0.6 is 0 Å². The van der Waals surface area contributed by atoms with Gasteiger partial charge in [0.15, 0.2) is 0 Å². The minimum atomic E-state index is -0.247. The summed E-state index contributed by atoms with van der Waals surface area (Å²) >= 11 is 0. The Kier molecular flexibility index (Phi) is 6.70. The maximum atomic E-state index is 12.6. The van der Waals surface area contributed by atoms with E-state index >= 15 is 0 Å². The van der Waals surface area contributed by atoms with Crippen LogP contribution in [0.25, 0.3) is 0 Å². The van der Waals surface area contributed by atoms with Crippen LogP contribution in [0.4, 0.5) is 5.69 Å². The molecule has 0 aromatic heterocycles. The van der Waals surface area contributed by atoms with E-state index in [1.807, 2.05) is 23.1 Å². The molecule has 1 aliphatic heterocycles. The normalized spacial score (nSPS) is 21.1. The molecular formula is C23H32N2O2. The molecule has 4 heteroatoms. The number of benzene rings is 1. The lowest BCUT2D eigenvalue weighted by atomic mass is 9.96. The Bertz CT molecular complexity index is 710. The largest absolute Gasteiger partial charge is 0.355 e. The van der Waals surface area contributed by atoms with E-state index in [9.17, 15) is 9.59 Å². The van der Waals surface area contributed by atoms with Crippen molar-refractivity contribution in [3.8, 4) is 0 Å². The van der Waals surface area contributed by atoms with Crippen LogP contribution < -0.4 is 10.2 Å². The average molecular weight is 369 g/mol. The van der Waals surface area contributed by atoms with E-state index in [2.05, 4.69) is 31.3 Å². The fraction of sp³-hybridized carbons (Fsp3) is 0.565. The van der Waals surface area contributed by atoms with Gasteiger partial charge in [-0.25, -0.2) is 0 Å². The van der Waals surface area contributed by atoms with Gasteiger partial charge in [-0.3, -0.25) is 9.59 Å². The Morgan fingerprint density at radius 1 is 1.30 bits per heavy atom. The van der Waals surface area contributed by atoms with Crippen LogP contribution in [0.3, 0.4) is 0 Å². The minimum absolute atomic E-state index is 0.0169. The molecule has 1 N–H and O–H groups in total. The highest BCUT2D eigenvalue weighted by Crippen LogP contribution is 2.33.